The minimum atomic E-state index is -4.60. The molecule has 0 spiro atoms. The Morgan fingerprint density at radius 3 is 2.47 bits per heavy atom. The first-order chi connectivity index (χ1) is 8.63. The van der Waals surface area contributed by atoms with Crippen molar-refractivity contribution in [3.05, 3.63) is 29.3 Å². The summed E-state index contributed by atoms with van der Waals surface area (Å²) in [6.07, 6.45) is -3.54. The first kappa shape index (κ1) is 15.9. The minimum Gasteiger partial charge on any atom is -0.229 e. The zero-order valence-corrected chi connectivity index (χ0v) is 11.5. The molecular formula is C11H10F3NO2S2. The fraction of sp³-hybridized carbons (Fsp3) is 0.364. The maximum absolute atomic E-state index is 12.7. The van der Waals surface area contributed by atoms with Crippen LogP contribution in [0.15, 0.2) is 23.1 Å². The van der Waals surface area contributed by atoms with E-state index in [1.807, 2.05) is 0 Å². The maximum atomic E-state index is 12.7. The Kier molecular flexibility index (Phi) is 4.87. The van der Waals surface area contributed by atoms with Crippen LogP contribution in [0.5, 0.6) is 0 Å². The Morgan fingerprint density at radius 1 is 1.37 bits per heavy atom. The van der Waals surface area contributed by atoms with Gasteiger partial charge in [-0.2, -0.15) is 18.4 Å². The van der Waals surface area contributed by atoms with Gasteiger partial charge in [-0.25, -0.2) is 8.42 Å². The molecule has 1 rings (SSSR count). The maximum Gasteiger partial charge on any atom is 0.417 e. The number of nitrogens with zero attached hydrogens (tertiary/aromatic N) is 1. The molecule has 0 fully saturated rings. The number of hydrogen-bond acceptors (Lipinski definition) is 4. The third kappa shape index (κ3) is 5.12. The normalized spacial score (nSPS) is 12.2. The van der Waals surface area contributed by atoms with Gasteiger partial charge in [-0.3, -0.25) is 0 Å². The molecular weight excluding hydrogens is 299 g/mol. The Morgan fingerprint density at radius 2 is 2.00 bits per heavy atom. The van der Waals surface area contributed by atoms with Crippen molar-refractivity contribution in [1.29, 1.82) is 5.26 Å². The van der Waals surface area contributed by atoms with Crippen molar-refractivity contribution in [3.8, 4) is 6.07 Å². The Bertz CT molecular complexity index is 603. The smallest absolute Gasteiger partial charge is 0.229 e. The minimum absolute atomic E-state index is 0.112. The number of hydrogen-bond donors (Lipinski definition) is 0. The SMILES string of the molecule is CS(=O)(=O)CCSc1ccc(C#N)c(C(F)(F)F)c1. The average molecular weight is 309 g/mol. The van der Waals surface area contributed by atoms with E-state index in [4.69, 9.17) is 5.26 Å². The van der Waals surface area contributed by atoms with Gasteiger partial charge in [-0.1, -0.05) is 0 Å². The second-order valence-electron chi connectivity index (χ2n) is 3.80. The van der Waals surface area contributed by atoms with Crippen molar-refractivity contribution in [1.82, 2.24) is 0 Å². The van der Waals surface area contributed by atoms with Crippen LogP contribution >= 0.6 is 11.8 Å². The number of halogens is 3. The molecule has 0 aliphatic heterocycles. The zero-order valence-electron chi connectivity index (χ0n) is 9.86. The molecule has 0 unspecified atom stereocenters. The fourth-order valence-electron chi connectivity index (χ4n) is 1.26. The first-order valence-corrected chi connectivity index (χ1v) is 8.10. The van der Waals surface area contributed by atoms with E-state index in [0.29, 0.717) is 0 Å². The quantitative estimate of drug-likeness (QED) is 0.802. The number of alkyl halides is 3. The van der Waals surface area contributed by atoms with Crippen LogP contribution in [-0.2, 0) is 16.0 Å². The van der Waals surface area contributed by atoms with Crippen molar-refractivity contribution in [2.75, 3.05) is 17.8 Å². The summed E-state index contributed by atoms with van der Waals surface area (Å²) in [6, 6.07) is 4.82. The highest BCUT2D eigenvalue weighted by atomic mass is 32.2. The molecule has 0 atom stereocenters. The van der Waals surface area contributed by atoms with E-state index in [9.17, 15) is 21.6 Å². The summed E-state index contributed by atoms with van der Waals surface area (Å²) >= 11 is 1.01. The third-order valence-electron chi connectivity index (χ3n) is 2.14. The van der Waals surface area contributed by atoms with Crippen LogP contribution in [0.4, 0.5) is 13.2 Å². The topological polar surface area (TPSA) is 57.9 Å². The van der Waals surface area contributed by atoms with Crippen LogP contribution in [0.25, 0.3) is 0 Å². The molecule has 0 N–H and O–H groups in total. The lowest BCUT2D eigenvalue weighted by molar-refractivity contribution is -0.137. The summed E-state index contributed by atoms with van der Waals surface area (Å²) in [5.41, 5.74) is -1.45. The van der Waals surface area contributed by atoms with Crippen molar-refractivity contribution >= 4 is 21.6 Å². The van der Waals surface area contributed by atoms with Crippen LogP contribution in [0.2, 0.25) is 0 Å². The highest BCUT2D eigenvalue weighted by Crippen LogP contribution is 2.34. The van der Waals surface area contributed by atoms with E-state index >= 15 is 0 Å². The van der Waals surface area contributed by atoms with Crippen molar-refractivity contribution in [2.45, 2.75) is 11.1 Å². The molecule has 0 saturated carbocycles. The summed E-state index contributed by atoms with van der Waals surface area (Å²) in [6.45, 7) is 0. The first-order valence-electron chi connectivity index (χ1n) is 5.05. The van der Waals surface area contributed by atoms with E-state index in [1.54, 1.807) is 0 Å². The molecule has 19 heavy (non-hydrogen) atoms. The van der Waals surface area contributed by atoms with Crippen LogP contribution in [-0.4, -0.2) is 26.2 Å². The van der Waals surface area contributed by atoms with Gasteiger partial charge in [0, 0.05) is 16.9 Å². The monoisotopic (exact) mass is 309 g/mol. The van der Waals surface area contributed by atoms with Gasteiger partial charge in [0.05, 0.1) is 22.9 Å². The Hall–Kier alpha value is -1.20. The molecule has 1 aromatic rings. The fourth-order valence-corrected chi connectivity index (χ4v) is 3.40. The number of rotatable bonds is 4. The Balaban J connectivity index is 2.91. The van der Waals surface area contributed by atoms with Gasteiger partial charge in [-0.15, -0.1) is 11.8 Å². The van der Waals surface area contributed by atoms with Gasteiger partial charge in [0.15, 0.2) is 0 Å². The number of nitriles is 1. The van der Waals surface area contributed by atoms with E-state index in [0.717, 1.165) is 30.2 Å². The highest BCUT2D eigenvalue weighted by molar-refractivity contribution is 8.00. The summed E-state index contributed by atoms with van der Waals surface area (Å²) < 4.78 is 59.8. The van der Waals surface area contributed by atoms with E-state index in [-0.39, 0.29) is 16.4 Å². The summed E-state index contributed by atoms with van der Waals surface area (Å²) in [5.74, 6) is 0.0566. The van der Waals surface area contributed by atoms with E-state index < -0.39 is 27.1 Å². The van der Waals surface area contributed by atoms with Crippen LogP contribution in [0, 0.1) is 11.3 Å². The van der Waals surface area contributed by atoms with Gasteiger partial charge in [0.2, 0.25) is 0 Å². The van der Waals surface area contributed by atoms with E-state index in [2.05, 4.69) is 0 Å². The molecule has 0 saturated heterocycles. The molecule has 0 aromatic heterocycles. The van der Waals surface area contributed by atoms with Gasteiger partial charge < -0.3 is 0 Å². The standard InChI is InChI=1S/C11H10F3NO2S2/c1-19(16,17)5-4-18-9-3-2-8(7-15)10(6-9)11(12,13)14/h2-3,6H,4-5H2,1H3. The van der Waals surface area contributed by atoms with Crippen molar-refractivity contribution in [3.63, 3.8) is 0 Å². The molecule has 0 heterocycles. The Labute approximate surface area is 113 Å². The van der Waals surface area contributed by atoms with Crippen molar-refractivity contribution in [2.24, 2.45) is 0 Å². The molecule has 0 bridgehead atoms. The van der Waals surface area contributed by atoms with Gasteiger partial charge >= 0.3 is 6.18 Å². The summed E-state index contributed by atoms with van der Waals surface area (Å²) in [7, 11) is -3.14. The number of thioether (sulfide) groups is 1. The lowest BCUT2D eigenvalue weighted by atomic mass is 10.1. The zero-order chi connectivity index (χ0) is 14.7. The number of sulfone groups is 1. The summed E-state index contributed by atoms with van der Waals surface area (Å²) in [4.78, 5) is 0.287. The van der Waals surface area contributed by atoms with Crippen LogP contribution < -0.4 is 0 Å². The number of benzene rings is 1. The molecule has 3 nitrogen and oxygen atoms in total. The van der Waals surface area contributed by atoms with Crippen LogP contribution in [0.3, 0.4) is 0 Å². The highest BCUT2D eigenvalue weighted by Gasteiger charge is 2.33. The van der Waals surface area contributed by atoms with Gasteiger partial charge in [-0.05, 0) is 18.2 Å². The molecule has 0 aliphatic rings. The molecule has 8 heteroatoms. The molecule has 104 valence electrons. The lowest BCUT2D eigenvalue weighted by Crippen LogP contribution is -2.08. The second-order valence-corrected chi connectivity index (χ2v) is 7.22. The second kappa shape index (κ2) is 5.84. The van der Waals surface area contributed by atoms with Gasteiger partial charge in [0.25, 0.3) is 0 Å². The van der Waals surface area contributed by atoms with Crippen molar-refractivity contribution < 1.29 is 21.6 Å². The molecule has 0 aliphatic carbocycles. The lowest BCUT2D eigenvalue weighted by Gasteiger charge is -2.10. The van der Waals surface area contributed by atoms with Gasteiger partial charge in [0.1, 0.15) is 9.84 Å². The summed E-state index contributed by atoms with van der Waals surface area (Å²) in [5, 5.41) is 8.62. The molecule has 0 amide bonds. The third-order valence-corrected chi connectivity index (χ3v) is 4.34. The molecule has 1 aromatic carbocycles. The predicted molar refractivity (Wildman–Crippen MR) is 66.6 cm³/mol. The predicted octanol–water partition coefficient (Wildman–Crippen LogP) is 2.71. The largest absolute Gasteiger partial charge is 0.417 e. The molecule has 0 radical (unpaired) electrons. The van der Waals surface area contributed by atoms with Crippen LogP contribution in [0.1, 0.15) is 11.1 Å². The average Bonchev–Trinajstić information content (AvgIpc) is 2.26. The van der Waals surface area contributed by atoms with E-state index in [1.165, 1.54) is 12.1 Å².